The molecule has 0 aliphatic heterocycles. The fourth-order valence-electron chi connectivity index (χ4n) is 0.990. The first-order chi connectivity index (χ1) is 6.69. The van der Waals surface area contributed by atoms with Gasteiger partial charge in [0.15, 0.2) is 0 Å². The number of hydrogen-bond donors (Lipinski definition) is 0. The Morgan fingerprint density at radius 3 is 2.93 bits per heavy atom. The number of pyridine rings is 1. The molecule has 0 amide bonds. The predicted molar refractivity (Wildman–Crippen MR) is 49.6 cm³/mol. The Kier molecular flexibility index (Phi) is 3.19. The van der Waals surface area contributed by atoms with Crippen LogP contribution in [0.1, 0.15) is 28.5 Å². The Morgan fingerprint density at radius 2 is 2.43 bits per heavy atom. The summed E-state index contributed by atoms with van der Waals surface area (Å²) in [7, 11) is 0. The van der Waals surface area contributed by atoms with Crippen LogP contribution in [-0.4, -0.2) is 17.6 Å². The van der Waals surface area contributed by atoms with Gasteiger partial charge in [-0.3, -0.25) is 0 Å². The average molecular weight is 190 g/mol. The Morgan fingerprint density at radius 1 is 1.71 bits per heavy atom. The fraction of sp³-hybridized carbons (Fsp3) is 0.300. The van der Waals surface area contributed by atoms with E-state index < -0.39 is 5.97 Å². The summed E-state index contributed by atoms with van der Waals surface area (Å²) in [4.78, 5) is 15.1. The molecule has 0 atom stereocenters. The van der Waals surface area contributed by atoms with Crippen LogP contribution in [0.15, 0.2) is 12.3 Å². The Balaban J connectivity index is 2.98. The van der Waals surface area contributed by atoms with Gasteiger partial charge in [0, 0.05) is 6.20 Å². The highest BCUT2D eigenvalue weighted by Crippen LogP contribution is 2.07. The Hall–Kier alpha value is -1.89. The van der Waals surface area contributed by atoms with Crippen molar-refractivity contribution in [2.24, 2.45) is 0 Å². The summed E-state index contributed by atoms with van der Waals surface area (Å²) < 4.78 is 4.77. The van der Waals surface area contributed by atoms with Crippen molar-refractivity contribution in [1.29, 1.82) is 5.26 Å². The number of nitrogens with zero attached hydrogens (tertiary/aromatic N) is 2. The molecule has 1 rings (SSSR count). The summed E-state index contributed by atoms with van der Waals surface area (Å²) in [5, 5.41) is 8.65. The number of ether oxygens (including phenoxy) is 1. The molecule has 0 fully saturated rings. The third kappa shape index (κ3) is 2.07. The third-order valence-electron chi connectivity index (χ3n) is 1.72. The molecular formula is C10H10N2O2. The summed E-state index contributed by atoms with van der Waals surface area (Å²) in [5.74, 6) is -0.458. The van der Waals surface area contributed by atoms with E-state index in [1.807, 2.05) is 6.07 Å². The zero-order valence-corrected chi connectivity index (χ0v) is 8.07. The van der Waals surface area contributed by atoms with Crippen molar-refractivity contribution in [3.63, 3.8) is 0 Å². The number of rotatable bonds is 2. The molecule has 0 N–H and O–H groups in total. The highest BCUT2D eigenvalue weighted by molar-refractivity contribution is 5.87. The van der Waals surface area contributed by atoms with Crippen LogP contribution in [0.2, 0.25) is 0 Å². The minimum atomic E-state index is -0.458. The van der Waals surface area contributed by atoms with E-state index in [2.05, 4.69) is 4.98 Å². The standard InChI is InChI=1S/C10H10N2O2/c1-3-14-10(13)9-4-7(2)8(5-11)6-12-9/h4,6H,3H2,1-2H3. The van der Waals surface area contributed by atoms with E-state index in [1.165, 1.54) is 6.20 Å². The number of aromatic nitrogens is 1. The molecule has 0 saturated heterocycles. The lowest BCUT2D eigenvalue weighted by molar-refractivity contribution is 0.0519. The van der Waals surface area contributed by atoms with Crippen molar-refractivity contribution in [3.8, 4) is 6.07 Å². The van der Waals surface area contributed by atoms with E-state index in [0.717, 1.165) is 5.56 Å². The first-order valence-electron chi connectivity index (χ1n) is 4.23. The Bertz CT molecular complexity index is 394. The van der Waals surface area contributed by atoms with Crippen molar-refractivity contribution in [3.05, 3.63) is 29.1 Å². The van der Waals surface area contributed by atoms with Crippen LogP contribution >= 0.6 is 0 Å². The molecular weight excluding hydrogens is 180 g/mol. The number of carbonyl (C=O) groups is 1. The monoisotopic (exact) mass is 190 g/mol. The molecule has 0 saturated carbocycles. The maximum Gasteiger partial charge on any atom is 0.356 e. The summed E-state index contributed by atoms with van der Waals surface area (Å²) >= 11 is 0. The molecule has 14 heavy (non-hydrogen) atoms. The molecule has 0 unspecified atom stereocenters. The van der Waals surface area contributed by atoms with Gasteiger partial charge in [-0.05, 0) is 25.5 Å². The summed E-state index contributed by atoms with van der Waals surface area (Å²) in [6, 6.07) is 3.53. The van der Waals surface area contributed by atoms with Gasteiger partial charge in [0.25, 0.3) is 0 Å². The third-order valence-corrected chi connectivity index (χ3v) is 1.72. The van der Waals surface area contributed by atoms with Gasteiger partial charge in [0.2, 0.25) is 0 Å². The summed E-state index contributed by atoms with van der Waals surface area (Å²) in [6.45, 7) is 3.80. The maximum atomic E-state index is 11.2. The molecule has 4 nitrogen and oxygen atoms in total. The maximum absolute atomic E-state index is 11.2. The van der Waals surface area contributed by atoms with Crippen LogP contribution in [-0.2, 0) is 4.74 Å². The number of hydrogen-bond acceptors (Lipinski definition) is 4. The second kappa shape index (κ2) is 4.38. The fourth-order valence-corrected chi connectivity index (χ4v) is 0.990. The molecule has 0 bridgehead atoms. The average Bonchev–Trinajstić information content (AvgIpc) is 2.18. The van der Waals surface area contributed by atoms with E-state index >= 15 is 0 Å². The van der Waals surface area contributed by atoms with Gasteiger partial charge in [-0.1, -0.05) is 0 Å². The van der Waals surface area contributed by atoms with Crippen molar-refractivity contribution < 1.29 is 9.53 Å². The second-order valence-corrected chi connectivity index (χ2v) is 2.72. The van der Waals surface area contributed by atoms with E-state index in [4.69, 9.17) is 10.00 Å². The number of nitriles is 1. The number of aryl methyl sites for hydroxylation is 1. The van der Waals surface area contributed by atoms with Crippen LogP contribution in [0.3, 0.4) is 0 Å². The lowest BCUT2D eigenvalue weighted by Gasteiger charge is -2.02. The van der Waals surface area contributed by atoms with E-state index in [0.29, 0.717) is 12.2 Å². The van der Waals surface area contributed by atoms with Crippen LogP contribution < -0.4 is 0 Å². The van der Waals surface area contributed by atoms with E-state index in [1.54, 1.807) is 19.9 Å². The molecule has 0 aliphatic rings. The smallest absolute Gasteiger partial charge is 0.356 e. The van der Waals surface area contributed by atoms with Crippen LogP contribution in [0.25, 0.3) is 0 Å². The summed E-state index contributed by atoms with van der Waals surface area (Å²) in [6.07, 6.45) is 1.38. The zero-order chi connectivity index (χ0) is 10.6. The molecule has 0 radical (unpaired) electrons. The molecule has 0 spiro atoms. The van der Waals surface area contributed by atoms with Gasteiger partial charge in [-0.15, -0.1) is 0 Å². The molecule has 72 valence electrons. The highest BCUT2D eigenvalue weighted by atomic mass is 16.5. The molecule has 1 aromatic rings. The normalized spacial score (nSPS) is 9.21. The van der Waals surface area contributed by atoms with Gasteiger partial charge < -0.3 is 4.74 Å². The molecule has 1 heterocycles. The minimum absolute atomic E-state index is 0.239. The van der Waals surface area contributed by atoms with E-state index in [-0.39, 0.29) is 5.69 Å². The van der Waals surface area contributed by atoms with Gasteiger partial charge >= 0.3 is 5.97 Å². The molecule has 0 aromatic carbocycles. The minimum Gasteiger partial charge on any atom is -0.461 e. The van der Waals surface area contributed by atoms with E-state index in [9.17, 15) is 4.79 Å². The van der Waals surface area contributed by atoms with Gasteiger partial charge in [-0.25, -0.2) is 9.78 Å². The first kappa shape index (κ1) is 10.2. The predicted octanol–water partition coefficient (Wildman–Crippen LogP) is 1.44. The van der Waals surface area contributed by atoms with Crippen molar-refractivity contribution in [1.82, 2.24) is 4.98 Å². The highest BCUT2D eigenvalue weighted by Gasteiger charge is 2.09. The Labute approximate surface area is 82.1 Å². The van der Waals surface area contributed by atoms with Crippen LogP contribution in [0.4, 0.5) is 0 Å². The number of esters is 1. The van der Waals surface area contributed by atoms with Crippen molar-refractivity contribution >= 4 is 5.97 Å². The number of carbonyl (C=O) groups excluding carboxylic acids is 1. The largest absolute Gasteiger partial charge is 0.461 e. The second-order valence-electron chi connectivity index (χ2n) is 2.72. The molecule has 4 heteroatoms. The quantitative estimate of drug-likeness (QED) is 0.662. The topological polar surface area (TPSA) is 63.0 Å². The zero-order valence-electron chi connectivity index (χ0n) is 8.07. The lowest BCUT2D eigenvalue weighted by atomic mass is 10.1. The summed E-state index contributed by atoms with van der Waals surface area (Å²) in [5.41, 5.74) is 1.44. The van der Waals surface area contributed by atoms with Gasteiger partial charge in [0.1, 0.15) is 11.8 Å². The SMILES string of the molecule is CCOC(=O)c1cc(C)c(C#N)cn1. The van der Waals surface area contributed by atoms with Crippen LogP contribution in [0.5, 0.6) is 0 Å². The lowest BCUT2D eigenvalue weighted by Crippen LogP contribution is -2.07. The first-order valence-corrected chi connectivity index (χ1v) is 4.23. The molecule has 0 aliphatic carbocycles. The van der Waals surface area contributed by atoms with Crippen molar-refractivity contribution in [2.45, 2.75) is 13.8 Å². The van der Waals surface area contributed by atoms with Gasteiger partial charge in [-0.2, -0.15) is 5.26 Å². The van der Waals surface area contributed by atoms with Gasteiger partial charge in [0.05, 0.1) is 12.2 Å². The molecule has 1 aromatic heterocycles. The van der Waals surface area contributed by atoms with Crippen molar-refractivity contribution in [2.75, 3.05) is 6.61 Å². The van der Waals surface area contributed by atoms with Crippen LogP contribution in [0, 0.1) is 18.3 Å².